The van der Waals surface area contributed by atoms with E-state index in [9.17, 15) is 0 Å². The first-order valence-corrected chi connectivity index (χ1v) is 39.0. The van der Waals surface area contributed by atoms with E-state index < -0.39 is 6.98 Å². The lowest BCUT2D eigenvalue weighted by Gasteiger charge is -2.03. The predicted octanol–water partition coefficient (Wildman–Crippen LogP) is 18.0. The molecule has 0 spiro atoms. The molecular formula is C95H66N15O4S+5. The van der Waals surface area contributed by atoms with Gasteiger partial charge in [-0.3, -0.25) is 29.5 Å². The van der Waals surface area contributed by atoms with Crippen molar-refractivity contribution in [3.05, 3.63) is 332 Å². The van der Waals surface area contributed by atoms with Crippen LogP contribution in [0.2, 0.25) is 0 Å². The number of rotatable bonds is 3. The van der Waals surface area contributed by atoms with Gasteiger partial charge in [0.05, 0.1) is 101 Å². The Kier molecular flexibility index (Phi) is 13.6. The maximum absolute atomic E-state index is 8.26. The molecule has 546 valence electrons. The molecule has 28 rings (SSSR count). The van der Waals surface area contributed by atoms with Crippen LogP contribution in [0.15, 0.2) is 322 Å². The number of para-hydroxylation sites is 3. The van der Waals surface area contributed by atoms with Crippen molar-refractivity contribution >= 4 is 120 Å². The smallest absolute Gasteiger partial charge is 0.384 e. The molecule has 0 N–H and O–H groups in total. The second kappa shape index (κ2) is 25.3. The highest BCUT2D eigenvalue weighted by Crippen LogP contribution is 2.44. The van der Waals surface area contributed by atoms with Crippen LogP contribution in [0.4, 0.5) is 0 Å². The molecule has 0 amide bonds. The minimum Gasteiger partial charge on any atom is -0.418 e. The molecule has 5 aliphatic heterocycles. The van der Waals surface area contributed by atoms with E-state index in [1.54, 1.807) is 36.1 Å². The number of hydrogen-bond acceptors (Lipinski definition) is 10. The summed E-state index contributed by atoms with van der Waals surface area (Å²) in [6, 6.07) is 83.2. The molecule has 20 heterocycles. The van der Waals surface area contributed by atoms with Gasteiger partial charge in [-0.15, -0.1) is 9.13 Å². The molecule has 0 saturated carbocycles. The second-order valence-electron chi connectivity index (χ2n) is 29.4. The highest BCUT2D eigenvalue weighted by atomic mass is 32.1. The van der Waals surface area contributed by atoms with E-state index in [2.05, 4.69) is 237 Å². The number of aryl methyl sites for hydroxylation is 2. The number of aromatic nitrogens is 15. The number of fused-ring (bicyclic) bond motifs is 35. The lowest BCUT2D eigenvalue weighted by molar-refractivity contribution is -0.648. The number of imidazole rings is 2. The summed E-state index contributed by atoms with van der Waals surface area (Å²) in [6.45, 7) is 1.85. The predicted molar refractivity (Wildman–Crippen MR) is 443 cm³/mol. The van der Waals surface area contributed by atoms with Crippen molar-refractivity contribution in [1.82, 2.24) is 47.8 Å². The van der Waals surface area contributed by atoms with E-state index >= 15 is 0 Å². The lowest BCUT2D eigenvalue weighted by Crippen LogP contribution is -2.31. The summed E-state index contributed by atoms with van der Waals surface area (Å²) in [6.07, 6.45) is 18.2. The minimum atomic E-state index is -2.33. The number of benzene rings is 8. The summed E-state index contributed by atoms with van der Waals surface area (Å²) < 4.78 is 71.8. The monoisotopic (exact) mass is 1520 g/mol. The van der Waals surface area contributed by atoms with Gasteiger partial charge in [-0.05, 0) is 97.1 Å². The van der Waals surface area contributed by atoms with Gasteiger partial charge in [0, 0.05) is 88.8 Å². The standard InChI is InChI=1S/2C22H17N4.C21H14N3O.C15H9N2O2.C15H9N2OS/c2*1-24-19-13-23-12-11-18(19)20-22(24)26(16-8-3-2-4-9-16)21-17-10-6-5-7-15(17)14-25(20)21;1-2-7-15(8-3-1)24-18-12-22-11-10-17(18)19-21(24)25-20-16-9-5-4-6-14(16)13-23(19)20;1-2-4-10-9(3-1)8-17-13-11-5-6-16-7-12(11)18-15(13)19-14(10)17;1-2-4-10-9(3-1)8-17-13-11-5-6-16-7-12(11)19-15(13)18-14(10)17/h2*2-13H,14H2,1H3;1-12H,13H2;2*1-7H,8H2/q5*+1/i1D3;;;;. The molecule has 19 nitrogen and oxygen atoms in total. The number of nitrogens with zero attached hydrogens (tertiary/aromatic N) is 15. The van der Waals surface area contributed by atoms with Crippen molar-refractivity contribution in [3.63, 3.8) is 0 Å². The fourth-order valence-electron chi connectivity index (χ4n) is 18.2. The van der Waals surface area contributed by atoms with Gasteiger partial charge in [-0.1, -0.05) is 157 Å². The van der Waals surface area contributed by atoms with Gasteiger partial charge in [0.25, 0.3) is 44.6 Å². The molecule has 0 aliphatic carbocycles. The van der Waals surface area contributed by atoms with E-state index in [-0.39, 0.29) is 0 Å². The largest absolute Gasteiger partial charge is 0.418 e. The molecule has 0 unspecified atom stereocenters. The fourth-order valence-corrected chi connectivity index (χ4v) is 19.3. The fraction of sp³-hybridized carbons (Fsp3) is 0.0737. The molecule has 5 aliphatic rings. The molecule has 23 aromatic rings. The lowest BCUT2D eigenvalue weighted by atomic mass is 10.1. The first kappa shape index (κ1) is 61.7. The van der Waals surface area contributed by atoms with E-state index in [0.717, 1.165) is 132 Å². The molecule has 0 fully saturated rings. The molecule has 0 radical (unpaired) electrons. The summed E-state index contributed by atoms with van der Waals surface area (Å²) in [4.78, 5) is 22.1. The van der Waals surface area contributed by atoms with E-state index in [4.69, 9.17) is 21.8 Å². The number of furan rings is 1. The number of oxazole rings is 3. The molecule has 0 bridgehead atoms. The average Bonchev–Trinajstić information content (AvgIpc) is 1.53. The Morgan fingerprint density at radius 3 is 1.26 bits per heavy atom. The van der Waals surface area contributed by atoms with Gasteiger partial charge in [0.15, 0.2) is 25.2 Å². The van der Waals surface area contributed by atoms with E-state index in [1.807, 2.05) is 116 Å². The Hall–Kier alpha value is -15.0. The molecule has 0 atom stereocenters. The van der Waals surface area contributed by atoms with Crippen LogP contribution >= 0.6 is 11.3 Å². The first-order chi connectivity index (χ1) is 58.1. The van der Waals surface area contributed by atoms with Crippen LogP contribution in [0.1, 0.15) is 31.9 Å². The molecular weight excluding hydrogens is 1450 g/mol. The first-order valence-electron chi connectivity index (χ1n) is 39.7. The Morgan fingerprint density at radius 2 is 0.722 bits per heavy atom. The van der Waals surface area contributed by atoms with Crippen molar-refractivity contribution in [1.29, 1.82) is 0 Å². The summed E-state index contributed by atoms with van der Waals surface area (Å²) in [7, 11) is 2.13. The highest BCUT2D eigenvalue weighted by molar-refractivity contribution is 7.25. The van der Waals surface area contributed by atoms with E-state index in [0.29, 0.717) is 23.5 Å². The summed E-state index contributed by atoms with van der Waals surface area (Å²) in [5, 5.41) is 5.60. The zero-order chi connectivity index (χ0) is 78.2. The van der Waals surface area contributed by atoms with Crippen LogP contribution in [0, 0.1) is 0 Å². The van der Waals surface area contributed by atoms with E-state index in [1.165, 1.54) is 92.7 Å². The molecule has 20 heteroatoms. The molecule has 115 heavy (non-hydrogen) atoms. The minimum absolute atomic E-state index is 0.576. The van der Waals surface area contributed by atoms with Crippen LogP contribution in [-0.2, 0) is 46.7 Å². The number of hydrogen-bond donors (Lipinski definition) is 0. The normalized spacial score (nSPS) is 13.3. The summed E-state index contributed by atoms with van der Waals surface area (Å²) >= 11 is 1.67. The Labute approximate surface area is 662 Å². The zero-order valence-corrected chi connectivity index (χ0v) is 62.5. The maximum Gasteiger partial charge on any atom is 0.384 e. The summed E-state index contributed by atoms with van der Waals surface area (Å²) in [5.74, 6) is 5.63. The van der Waals surface area contributed by atoms with Crippen LogP contribution in [-0.4, -0.2) is 47.8 Å². The van der Waals surface area contributed by atoms with Crippen molar-refractivity contribution < 1.29 is 44.6 Å². The van der Waals surface area contributed by atoms with Gasteiger partial charge >= 0.3 is 29.0 Å². The van der Waals surface area contributed by atoms with Crippen molar-refractivity contribution in [2.24, 2.45) is 14.0 Å². The van der Waals surface area contributed by atoms with Gasteiger partial charge in [-0.2, -0.15) is 13.7 Å². The second-order valence-corrected chi connectivity index (χ2v) is 30.4. The molecule has 15 aromatic heterocycles. The third-order valence-electron chi connectivity index (χ3n) is 23.2. The number of pyridine rings is 5. The third kappa shape index (κ3) is 9.63. The van der Waals surface area contributed by atoms with Crippen molar-refractivity contribution in [2.45, 2.75) is 32.7 Å². The Morgan fingerprint density at radius 1 is 0.330 bits per heavy atom. The maximum atomic E-state index is 8.26. The van der Waals surface area contributed by atoms with Gasteiger partial charge in [0.1, 0.15) is 24.5 Å². The zero-order valence-electron chi connectivity index (χ0n) is 64.7. The van der Waals surface area contributed by atoms with Crippen LogP contribution < -0.4 is 22.8 Å². The Balaban J connectivity index is 0.0000000850. The number of thiophene rings is 1. The quantitative estimate of drug-likeness (QED) is 0.157. The van der Waals surface area contributed by atoms with Crippen molar-refractivity contribution in [3.8, 4) is 74.2 Å². The van der Waals surface area contributed by atoms with Crippen molar-refractivity contribution in [2.75, 3.05) is 0 Å². The molecule has 8 aromatic carbocycles. The third-order valence-corrected chi connectivity index (χ3v) is 24.2. The van der Waals surface area contributed by atoms with Crippen LogP contribution in [0.5, 0.6) is 0 Å². The van der Waals surface area contributed by atoms with Crippen LogP contribution in [0.25, 0.3) is 183 Å². The SMILES string of the molecule is Cn1c2cnccc2c2c1n(-c1ccccc1)c1[n+]2Cc2ccccc2-1.[2H]C([2H])([2H])n1c2cnccc2c2c1n(-c1ccccc1)c1[n+]2Cc2ccccc2-1.c1ccc(-n2c3cnccc3c3c2oc2[n+]3Cc3ccccc3-2)cc1.c1ccc2c(c1)C[n+]1c-2oc2oc3cnccc3c21.c1ccc2c(c1)C[n+]1c-2oc2sc3cnccc3c21. The summed E-state index contributed by atoms with van der Waals surface area (Å²) in [5.41, 5.74) is 27.6. The van der Waals surface area contributed by atoms with Gasteiger partial charge in [0.2, 0.25) is 11.0 Å². The van der Waals surface area contributed by atoms with Gasteiger partial charge in [-0.25, -0.2) is 9.13 Å². The molecule has 0 saturated heterocycles. The highest BCUT2D eigenvalue weighted by Gasteiger charge is 2.43. The Bertz CT molecular complexity index is 7920. The average molecular weight is 1520 g/mol. The van der Waals surface area contributed by atoms with Crippen LogP contribution in [0.3, 0.4) is 0 Å². The van der Waals surface area contributed by atoms with Gasteiger partial charge < -0.3 is 26.8 Å². The topological polar surface area (TPSA) is 161 Å².